The van der Waals surface area contributed by atoms with Gasteiger partial charge < -0.3 is 14.8 Å². The third-order valence-corrected chi connectivity index (χ3v) is 3.38. The average molecular weight is 293 g/mol. The van der Waals surface area contributed by atoms with Crippen LogP contribution in [0.15, 0.2) is 0 Å². The van der Waals surface area contributed by atoms with E-state index in [1.165, 1.54) is 14.2 Å². The van der Waals surface area contributed by atoms with Crippen LogP contribution in [0.3, 0.4) is 0 Å². The highest BCUT2D eigenvalue weighted by atomic mass is 35.5. The van der Waals surface area contributed by atoms with Gasteiger partial charge in [-0.3, -0.25) is 4.79 Å². The number of carbonyl (C=O) groups is 2. The number of thiazole rings is 1. The lowest BCUT2D eigenvalue weighted by molar-refractivity contribution is -0.140. The summed E-state index contributed by atoms with van der Waals surface area (Å²) < 4.78 is 9.11. The van der Waals surface area contributed by atoms with E-state index in [0.717, 1.165) is 11.3 Å². The zero-order valence-electron chi connectivity index (χ0n) is 10.2. The van der Waals surface area contributed by atoms with Crippen molar-refractivity contribution in [3.63, 3.8) is 0 Å². The Morgan fingerprint density at radius 3 is 2.67 bits per heavy atom. The summed E-state index contributed by atoms with van der Waals surface area (Å²) in [6.07, 6.45) is 0.196. The number of nitrogens with one attached hydrogen (secondary N) is 1. The topological polar surface area (TPSA) is 77.5 Å². The minimum atomic E-state index is -0.536. The summed E-state index contributed by atoms with van der Waals surface area (Å²) in [6, 6.07) is -0.176. The van der Waals surface area contributed by atoms with E-state index >= 15 is 0 Å². The van der Waals surface area contributed by atoms with E-state index in [-0.39, 0.29) is 28.5 Å². The van der Waals surface area contributed by atoms with Crippen LogP contribution >= 0.6 is 22.9 Å². The minimum Gasteiger partial charge on any atom is -0.469 e. The zero-order chi connectivity index (χ0) is 13.7. The van der Waals surface area contributed by atoms with Crippen LogP contribution in [0.4, 0.5) is 5.13 Å². The maximum absolute atomic E-state index is 11.3. The molecule has 0 saturated carbocycles. The highest BCUT2D eigenvalue weighted by Crippen LogP contribution is 2.28. The molecule has 100 valence electrons. The van der Waals surface area contributed by atoms with Gasteiger partial charge in [-0.1, -0.05) is 22.9 Å². The number of hydrogen-bond acceptors (Lipinski definition) is 7. The summed E-state index contributed by atoms with van der Waals surface area (Å²) >= 11 is 6.88. The predicted octanol–water partition coefficient (Wildman–Crippen LogP) is 1.95. The molecule has 0 fully saturated rings. The van der Waals surface area contributed by atoms with E-state index < -0.39 is 5.97 Å². The predicted molar refractivity (Wildman–Crippen MR) is 68.2 cm³/mol. The fraction of sp³-hybridized carbons (Fsp3) is 0.500. The Labute approximate surface area is 113 Å². The first-order chi connectivity index (χ1) is 8.47. The standard InChI is InChI=1S/C10H13ClN2O4S/c1-5(4-6(14)16-2)12-10-13-8(11)7(18-10)9(15)17-3/h5H,4H2,1-3H3,(H,12,13). The largest absolute Gasteiger partial charge is 0.469 e. The first-order valence-electron chi connectivity index (χ1n) is 5.06. The molecule has 8 heteroatoms. The van der Waals surface area contributed by atoms with Crippen molar-refractivity contribution in [3.8, 4) is 0 Å². The molecule has 1 unspecified atom stereocenters. The van der Waals surface area contributed by atoms with Crippen molar-refractivity contribution >= 4 is 40.0 Å². The lowest BCUT2D eigenvalue weighted by Gasteiger charge is -2.10. The smallest absolute Gasteiger partial charge is 0.351 e. The second-order valence-corrected chi connectivity index (χ2v) is 4.81. The molecule has 1 heterocycles. The highest BCUT2D eigenvalue weighted by Gasteiger charge is 2.18. The maximum Gasteiger partial charge on any atom is 0.351 e. The van der Waals surface area contributed by atoms with Gasteiger partial charge in [0.05, 0.1) is 20.6 Å². The van der Waals surface area contributed by atoms with Gasteiger partial charge in [-0.15, -0.1) is 0 Å². The third-order valence-electron chi connectivity index (χ3n) is 2.03. The van der Waals surface area contributed by atoms with Crippen LogP contribution in [0.2, 0.25) is 5.15 Å². The molecule has 0 aliphatic carbocycles. The molecule has 0 saturated heterocycles. The van der Waals surface area contributed by atoms with Crippen LogP contribution in [0, 0.1) is 0 Å². The van der Waals surface area contributed by atoms with Crippen molar-refractivity contribution in [2.45, 2.75) is 19.4 Å². The molecule has 0 aliphatic rings. The maximum atomic E-state index is 11.3. The van der Waals surface area contributed by atoms with Crippen LogP contribution in [-0.4, -0.2) is 37.2 Å². The van der Waals surface area contributed by atoms with Gasteiger partial charge in [0.25, 0.3) is 0 Å². The fourth-order valence-corrected chi connectivity index (χ4v) is 2.39. The summed E-state index contributed by atoms with van der Waals surface area (Å²) in [5, 5.41) is 3.50. The lowest BCUT2D eigenvalue weighted by atomic mass is 10.2. The molecule has 1 rings (SSSR count). The molecule has 1 aromatic rings. The molecule has 1 atom stereocenters. The van der Waals surface area contributed by atoms with Gasteiger partial charge in [0.15, 0.2) is 15.2 Å². The Morgan fingerprint density at radius 1 is 1.44 bits per heavy atom. The summed E-state index contributed by atoms with van der Waals surface area (Å²) in [6.45, 7) is 1.80. The van der Waals surface area contributed by atoms with Gasteiger partial charge >= 0.3 is 11.9 Å². The Morgan fingerprint density at radius 2 is 2.11 bits per heavy atom. The van der Waals surface area contributed by atoms with Crippen LogP contribution < -0.4 is 5.32 Å². The van der Waals surface area contributed by atoms with Crippen molar-refractivity contribution in [1.82, 2.24) is 4.98 Å². The lowest BCUT2D eigenvalue weighted by Crippen LogP contribution is -2.20. The van der Waals surface area contributed by atoms with E-state index in [9.17, 15) is 9.59 Å². The quantitative estimate of drug-likeness (QED) is 0.836. The Balaban J connectivity index is 2.68. The van der Waals surface area contributed by atoms with E-state index in [1.54, 1.807) is 6.92 Å². The monoisotopic (exact) mass is 292 g/mol. The van der Waals surface area contributed by atoms with Crippen LogP contribution in [-0.2, 0) is 14.3 Å². The first-order valence-corrected chi connectivity index (χ1v) is 6.25. The molecule has 0 spiro atoms. The minimum absolute atomic E-state index is 0.0830. The van der Waals surface area contributed by atoms with E-state index in [2.05, 4.69) is 19.8 Å². The van der Waals surface area contributed by atoms with E-state index in [4.69, 9.17) is 11.6 Å². The second-order valence-electron chi connectivity index (χ2n) is 3.46. The first kappa shape index (κ1) is 14.7. The molecule has 1 N–H and O–H groups in total. The Hall–Kier alpha value is -1.34. The van der Waals surface area contributed by atoms with Crippen LogP contribution in [0.1, 0.15) is 23.0 Å². The number of esters is 2. The van der Waals surface area contributed by atoms with E-state index in [1.807, 2.05) is 0 Å². The highest BCUT2D eigenvalue weighted by molar-refractivity contribution is 7.18. The fourth-order valence-electron chi connectivity index (χ4n) is 1.18. The van der Waals surface area contributed by atoms with E-state index in [0.29, 0.717) is 5.13 Å². The normalized spacial score (nSPS) is 11.8. The molecule has 18 heavy (non-hydrogen) atoms. The van der Waals surface area contributed by atoms with Crippen LogP contribution in [0.25, 0.3) is 0 Å². The molecule has 0 bridgehead atoms. The van der Waals surface area contributed by atoms with Gasteiger partial charge in [0, 0.05) is 6.04 Å². The number of carbonyl (C=O) groups excluding carboxylic acids is 2. The Bertz CT molecular complexity index is 449. The van der Waals surface area contributed by atoms with Crippen LogP contribution in [0.5, 0.6) is 0 Å². The van der Waals surface area contributed by atoms with Gasteiger partial charge in [0.2, 0.25) is 0 Å². The molecule has 1 aromatic heterocycles. The second kappa shape index (κ2) is 6.55. The molecule has 0 aromatic carbocycles. The zero-order valence-corrected chi connectivity index (χ0v) is 11.7. The van der Waals surface area contributed by atoms with Gasteiger partial charge in [-0.2, -0.15) is 0 Å². The molecule has 6 nitrogen and oxygen atoms in total. The summed E-state index contributed by atoms with van der Waals surface area (Å²) in [5.41, 5.74) is 0. The number of methoxy groups -OCH3 is 2. The summed E-state index contributed by atoms with van der Waals surface area (Å²) in [5.74, 6) is -0.864. The number of anilines is 1. The number of ether oxygens (including phenoxy) is 2. The molecular weight excluding hydrogens is 280 g/mol. The number of nitrogens with zero attached hydrogens (tertiary/aromatic N) is 1. The Kier molecular flexibility index (Phi) is 5.36. The van der Waals surface area contributed by atoms with Crippen molar-refractivity contribution in [2.24, 2.45) is 0 Å². The molecule has 0 aliphatic heterocycles. The third kappa shape index (κ3) is 3.85. The number of hydrogen-bond donors (Lipinski definition) is 1. The van der Waals surface area contributed by atoms with Crippen molar-refractivity contribution in [2.75, 3.05) is 19.5 Å². The molecule has 0 radical (unpaired) electrons. The number of halogens is 1. The summed E-state index contributed by atoms with van der Waals surface area (Å²) in [4.78, 5) is 26.6. The summed E-state index contributed by atoms with van der Waals surface area (Å²) in [7, 11) is 2.59. The van der Waals surface area contributed by atoms with Crippen molar-refractivity contribution in [1.29, 1.82) is 0 Å². The SMILES string of the molecule is COC(=O)CC(C)Nc1nc(Cl)c(C(=O)OC)s1. The van der Waals surface area contributed by atoms with Crippen molar-refractivity contribution in [3.05, 3.63) is 10.0 Å². The molecular formula is C10H13ClN2O4S. The number of rotatable bonds is 5. The van der Waals surface area contributed by atoms with Gasteiger partial charge in [-0.25, -0.2) is 9.78 Å². The van der Waals surface area contributed by atoms with Crippen molar-refractivity contribution < 1.29 is 19.1 Å². The molecule has 0 amide bonds. The van der Waals surface area contributed by atoms with Gasteiger partial charge in [0.1, 0.15) is 0 Å². The number of aromatic nitrogens is 1. The average Bonchev–Trinajstić information content (AvgIpc) is 2.68. The van der Waals surface area contributed by atoms with Gasteiger partial charge in [-0.05, 0) is 6.92 Å².